The van der Waals surface area contributed by atoms with E-state index in [-0.39, 0.29) is 5.56 Å². The Kier molecular flexibility index (Phi) is 3.72. The molecule has 0 radical (unpaired) electrons. The second kappa shape index (κ2) is 5.77. The van der Waals surface area contributed by atoms with Crippen LogP contribution in [0.5, 0.6) is 0 Å². The monoisotopic (exact) mass is 340 g/mol. The number of benzene rings is 1. The predicted molar refractivity (Wildman–Crippen MR) is 95.8 cm³/mol. The molecule has 2 aromatic heterocycles. The second-order valence-electron chi connectivity index (χ2n) is 6.65. The third-order valence-corrected chi connectivity index (χ3v) is 5.60. The maximum absolute atomic E-state index is 12.6. The first kappa shape index (κ1) is 15.4. The summed E-state index contributed by atoms with van der Waals surface area (Å²) in [6, 6.07) is 8.38. The van der Waals surface area contributed by atoms with Crippen LogP contribution in [0.1, 0.15) is 50.0 Å². The lowest BCUT2D eigenvalue weighted by Crippen LogP contribution is -2.11. The molecule has 0 aliphatic heterocycles. The van der Waals surface area contributed by atoms with E-state index in [4.69, 9.17) is 0 Å². The van der Waals surface area contributed by atoms with Crippen LogP contribution < -0.4 is 5.56 Å². The fraction of sp³-hybridized carbons (Fsp3) is 0.389. The van der Waals surface area contributed by atoms with Crippen LogP contribution in [0.4, 0.5) is 0 Å². The van der Waals surface area contributed by atoms with Gasteiger partial charge in [0.2, 0.25) is 0 Å². The van der Waals surface area contributed by atoms with Crippen LogP contribution in [0.2, 0.25) is 0 Å². The van der Waals surface area contributed by atoms with Gasteiger partial charge in [-0.15, -0.1) is 10.2 Å². The highest BCUT2D eigenvalue weighted by Gasteiger charge is 2.31. The molecule has 6 heteroatoms. The lowest BCUT2D eigenvalue weighted by atomic mass is 10.1. The van der Waals surface area contributed by atoms with Gasteiger partial charge in [-0.05, 0) is 43.2 Å². The first-order chi connectivity index (χ1) is 11.6. The number of hydrogen-bond donors (Lipinski definition) is 1. The molecule has 0 saturated heterocycles. The molecule has 5 nitrogen and oxygen atoms in total. The Bertz CT molecular complexity index is 969. The summed E-state index contributed by atoms with van der Waals surface area (Å²) >= 11 is 1.43. The summed E-state index contributed by atoms with van der Waals surface area (Å²) < 4.78 is 2.23. The quantitative estimate of drug-likeness (QED) is 0.778. The summed E-state index contributed by atoms with van der Waals surface area (Å²) in [5.41, 5.74) is 1.80. The molecule has 1 N–H and O–H groups in total. The Morgan fingerprint density at radius 3 is 2.71 bits per heavy atom. The lowest BCUT2D eigenvalue weighted by Gasteiger charge is -2.12. The Balaban J connectivity index is 1.82. The Morgan fingerprint density at radius 2 is 2.00 bits per heavy atom. The van der Waals surface area contributed by atoms with E-state index in [1.807, 2.05) is 31.2 Å². The minimum absolute atomic E-state index is 0.0624. The van der Waals surface area contributed by atoms with E-state index in [9.17, 15) is 4.79 Å². The van der Waals surface area contributed by atoms with E-state index in [1.165, 1.54) is 24.6 Å². The van der Waals surface area contributed by atoms with Gasteiger partial charge in [-0.1, -0.05) is 32.0 Å². The average Bonchev–Trinajstić information content (AvgIpc) is 3.31. The van der Waals surface area contributed by atoms with Crippen LogP contribution in [-0.2, 0) is 0 Å². The molecule has 24 heavy (non-hydrogen) atoms. The van der Waals surface area contributed by atoms with E-state index in [0.29, 0.717) is 16.9 Å². The fourth-order valence-corrected chi connectivity index (χ4v) is 4.04. The van der Waals surface area contributed by atoms with E-state index in [0.717, 1.165) is 27.4 Å². The molecule has 1 aromatic carbocycles. The van der Waals surface area contributed by atoms with Crippen molar-refractivity contribution in [2.45, 2.75) is 55.6 Å². The van der Waals surface area contributed by atoms with E-state index >= 15 is 0 Å². The van der Waals surface area contributed by atoms with Crippen molar-refractivity contribution in [2.24, 2.45) is 0 Å². The van der Waals surface area contributed by atoms with Crippen LogP contribution in [0.25, 0.3) is 10.9 Å². The summed E-state index contributed by atoms with van der Waals surface area (Å²) in [4.78, 5) is 16.2. The molecule has 1 aliphatic rings. The van der Waals surface area contributed by atoms with Gasteiger partial charge in [0.1, 0.15) is 5.82 Å². The summed E-state index contributed by atoms with van der Waals surface area (Å²) in [6.45, 7) is 6.26. The molecule has 0 unspecified atom stereocenters. The number of aromatic amines is 1. The van der Waals surface area contributed by atoms with Crippen molar-refractivity contribution in [1.29, 1.82) is 0 Å². The molecule has 1 aliphatic carbocycles. The zero-order chi connectivity index (χ0) is 16.8. The first-order valence-electron chi connectivity index (χ1n) is 8.30. The molecular formula is C18H20N4OS. The summed E-state index contributed by atoms with van der Waals surface area (Å²) in [5.74, 6) is 1.33. The molecular weight excluding hydrogens is 320 g/mol. The molecule has 1 saturated carbocycles. The van der Waals surface area contributed by atoms with Gasteiger partial charge in [0, 0.05) is 22.9 Å². The number of aromatic nitrogens is 4. The van der Waals surface area contributed by atoms with Gasteiger partial charge in [0.05, 0.1) is 4.90 Å². The van der Waals surface area contributed by atoms with Crippen molar-refractivity contribution < 1.29 is 0 Å². The SMILES string of the molecule is Cc1c(Sc2nnc(C(C)C)n2C2CC2)c(=O)[nH]c2ccccc12. The second-order valence-corrected chi connectivity index (χ2v) is 7.63. The van der Waals surface area contributed by atoms with Crippen LogP contribution in [0.15, 0.2) is 39.1 Å². The molecule has 4 rings (SSSR count). The number of fused-ring (bicyclic) bond motifs is 1. The standard InChI is InChI=1S/C18H20N4OS/c1-10(2)16-20-21-18(22(16)12-8-9-12)24-15-11(3)13-6-4-5-7-14(13)19-17(15)23/h4-7,10,12H,8-9H2,1-3H3,(H,19,23). The minimum Gasteiger partial charge on any atom is -0.321 e. The average molecular weight is 340 g/mol. The minimum atomic E-state index is -0.0624. The number of aryl methyl sites for hydroxylation is 1. The van der Waals surface area contributed by atoms with E-state index in [1.54, 1.807) is 0 Å². The summed E-state index contributed by atoms with van der Waals surface area (Å²) in [6.07, 6.45) is 2.33. The number of para-hydroxylation sites is 1. The predicted octanol–water partition coefficient (Wildman–Crippen LogP) is 4.04. The molecule has 0 spiro atoms. The van der Waals surface area contributed by atoms with Crippen LogP contribution >= 0.6 is 11.8 Å². The molecule has 3 aromatic rings. The highest BCUT2D eigenvalue weighted by molar-refractivity contribution is 7.99. The third kappa shape index (κ3) is 2.55. The topological polar surface area (TPSA) is 63.6 Å². The van der Waals surface area contributed by atoms with Gasteiger partial charge in [0.15, 0.2) is 5.16 Å². The molecule has 124 valence electrons. The lowest BCUT2D eigenvalue weighted by molar-refractivity contribution is 0.599. The Labute approximate surface area is 144 Å². The van der Waals surface area contributed by atoms with Crippen molar-refractivity contribution in [2.75, 3.05) is 0 Å². The largest absolute Gasteiger partial charge is 0.321 e. The van der Waals surface area contributed by atoms with Gasteiger partial charge in [-0.25, -0.2) is 0 Å². The van der Waals surface area contributed by atoms with E-state index in [2.05, 4.69) is 33.6 Å². The van der Waals surface area contributed by atoms with Gasteiger partial charge >= 0.3 is 0 Å². The number of pyridine rings is 1. The highest BCUT2D eigenvalue weighted by atomic mass is 32.2. The smallest absolute Gasteiger partial charge is 0.262 e. The number of nitrogens with one attached hydrogen (secondary N) is 1. The van der Waals surface area contributed by atoms with Crippen LogP contribution in [0, 0.1) is 6.92 Å². The number of nitrogens with zero attached hydrogens (tertiary/aromatic N) is 3. The Hall–Kier alpha value is -2.08. The zero-order valence-corrected chi connectivity index (χ0v) is 14.9. The maximum atomic E-state index is 12.6. The van der Waals surface area contributed by atoms with Gasteiger partial charge in [0.25, 0.3) is 5.56 Å². The fourth-order valence-electron chi connectivity index (χ4n) is 3.03. The number of rotatable bonds is 4. The van der Waals surface area contributed by atoms with Gasteiger partial charge in [-0.2, -0.15) is 0 Å². The summed E-state index contributed by atoms with van der Waals surface area (Å²) in [7, 11) is 0. The van der Waals surface area contributed by atoms with Crippen molar-refractivity contribution in [1.82, 2.24) is 19.7 Å². The Morgan fingerprint density at radius 1 is 1.25 bits per heavy atom. The van der Waals surface area contributed by atoms with Crippen molar-refractivity contribution >= 4 is 22.7 Å². The van der Waals surface area contributed by atoms with E-state index < -0.39 is 0 Å². The van der Waals surface area contributed by atoms with Crippen molar-refractivity contribution in [3.05, 3.63) is 46.0 Å². The van der Waals surface area contributed by atoms with Gasteiger partial charge < -0.3 is 9.55 Å². The number of hydrogen-bond acceptors (Lipinski definition) is 4. The zero-order valence-electron chi connectivity index (χ0n) is 14.0. The summed E-state index contributed by atoms with van der Waals surface area (Å²) in [5, 5.41) is 10.6. The van der Waals surface area contributed by atoms with Gasteiger partial charge in [-0.3, -0.25) is 4.79 Å². The normalized spacial score (nSPS) is 14.7. The molecule has 0 amide bonds. The molecule has 0 atom stereocenters. The molecule has 2 heterocycles. The molecule has 1 fully saturated rings. The third-order valence-electron chi connectivity index (χ3n) is 4.44. The molecule has 0 bridgehead atoms. The first-order valence-corrected chi connectivity index (χ1v) is 9.12. The van der Waals surface area contributed by atoms with Crippen LogP contribution in [-0.4, -0.2) is 19.7 Å². The maximum Gasteiger partial charge on any atom is 0.262 e. The van der Waals surface area contributed by atoms with Crippen molar-refractivity contribution in [3.8, 4) is 0 Å². The van der Waals surface area contributed by atoms with Crippen LogP contribution in [0.3, 0.4) is 0 Å². The highest BCUT2D eigenvalue weighted by Crippen LogP contribution is 2.41. The van der Waals surface area contributed by atoms with Crippen molar-refractivity contribution in [3.63, 3.8) is 0 Å². The number of H-pyrrole nitrogens is 1.